The van der Waals surface area contributed by atoms with Gasteiger partial charge in [-0.3, -0.25) is 0 Å². The lowest BCUT2D eigenvalue weighted by molar-refractivity contribution is 0.0618. The van der Waals surface area contributed by atoms with Crippen LogP contribution in [0.15, 0.2) is 5.38 Å². The Morgan fingerprint density at radius 3 is 3.00 bits per heavy atom. The summed E-state index contributed by atoms with van der Waals surface area (Å²) in [4.78, 5) is 4.35. The van der Waals surface area contributed by atoms with Crippen molar-refractivity contribution in [3.63, 3.8) is 0 Å². The van der Waals surface area contributed by atoms with Crippen molar-refractivity contribution < 1.29 is 5.11 Å². The maximum absolute atomic E-state index is 9.07. The van der Waals surface area contributed by atoms with Crippen LogP contribution >= 0.6 is 11.3 Å². The zero-order chi connectivity index (χ0) is 9.26. The number of aromatic nitrogens is 1. The Balaban J connectivity index is 1.74. The Hall–Kier alpha value is -0.450. The molecule has 13 heavy (non-hydrogen) atoms. The van der Waals surface area contributed by atoms with Gasteiger partial charge in [-0.25, -0.2) is 4.98 Å². The van der Waals surface area contributed by atoms with Crippen LogP contribution in [0.1, 0.15) is 23.5 Å². The van der Waals surface area contributed by atoms with Crippen LogP contribution in [0, 0.1) is 6.92 Å². The van der Waals surface area contributed by atoms with Gasteiger partial charge in [0.05, 0.1) is 16.8 Å². The summed E-state index contributed by atoms with van der Waals surface area (Å²) in [5, 5.41) is 15.6. The molecule has 2 N–H and O–H groups in total. The molecule has 1 aromatic heterocycles. The van der Waals surface area contributed by atoms with Gasteiger partial charge in [-0.2, -0.15) is 0 Å². The fourth-order valence-electron chi connectivity index (χ4n) is 1.49. The Bertz CT molecular complexity index is 281. The molecule has 0 aromatic carbocycles. The van der Waals surface area contributed by atoms with E-state index in [-0.39, 0.29) is 6.10 Å². The SMILES string of the molecule is Cc1nc(CNC2CC(O)C2)cs1. The highest BCUT2D eigenvalue weighted by atomic mass is 32.1. The molecule has 0 radical (unpaired) electrons. The van der Waals surface area contributed by atoms with Crippen molar-refractivity contribution in [3.8, 4) is 0 Å². The second kappa shape index (κ2) is 3.74. The second-order valence-electron chi connectivity index (χ2n) is 3.56. The van der Waals surface area contributed by atoms with E-state index < -0.39 is 0 Å². The Morgan fingerprint density at radius 1 is 1.69 bits per heavy atom. The first kappa shape index (κ1) is 9.12. The predicted octanol–water partition coefficient (Wildman–Crippen LogP) is 1.06. The van der Waals surface area contributed by atoms with Crippen LogP contribution in [0.4, 0.5) is 0 Å². The molecule has 0 saturated heterocycles. The molecule has 0 spiro atoms. The molecule has 1 aliphatic carbocycles. The highest BCUT2D eigenvalue weighted by molar-refractivity contribution is 7.09. The fraction of sp³-hybridized carbons (Fsp3) is 0.667. The lowest BCUT2D eigenvalue weighted by atomic mass is 9.89. The lowest BCUT2D eigenvalue weighted by Gasteiger charge is -2.31. The van der Waals surface area contributed by atoms with Crippen LogP contribution in [-0.4, -0.2) is 22.2 Å². The van der Waals surface area contributed by atoms with Crippen molar-refractivity contribution in [1.82, 2.24) is 10.3 Å². The molecule has 2 rings (SSSR count). The molecule has 3 nitrogen and oxygen atoms in total. The quantitative estimate of drug-likeness (QED) is 0.763. The third-order valence-electron chi connectivity index (χ3n) is 2.35. The number of aliphatic hydroxyl groups excluding tert-OH is 1. The van der Waals surface area contributed by atoms with Gasteiger partial charge in [0.25, 0.3) is 0 Å². The number of hydrogen-bond donors (Lipinski definition) is 2. The normalized spacial score (nSPS) is 27.2. The van der Waals surface area contributed by atoms with Crippen LogP contribution in [0.2, 0.25) is 0 Å². The first-order chi connectivity index (χ1) is 6.24. The third kappa shape index (κ3) is 2.27. The number of nitrogens with zero attached hydrogens (tertiary/aromatic N) is 1. The second-order valence-corrected chi connectivity index (χ2v) is 4.62. The average Bonchev–Trinajstić information content (AvgIpc) is 2.43. The van der Waals surface area contributed by atoms with Crippen LogP contribution in [-0.2, 0) is 6.54 Å². The van der Waals surface area contributed by atoms with E-state index in [0.29, 0.717) is 6.04 Å². The third-order valence-corrected chi connectivity index (χ3v) is 3.17. The molecule has 1 aliphatic rings. The molecule has 0 unspecified atom stereocenters. The average molecular weight is 198 g/mol. The number of aryl methyl sites for hydroxylation is 1. The van der Waals surface area contributed by atoms with Gasteiger partial charge < -0.3 is 10.4 Å². The van der Waals surface area contributed by atoms with Gasteiger partial charge in [0, 0.05) is 18.0 Å². The molecule has 1 aromatic rings. The molecule has 0 aliphatic heterocycles. The minimum Gasteiger partial charge on any atom is -0.393 e. The van der Waals surface area contributed by atoms with Crippen LogP contribution in [0.5, 0.6) is 0 Å². The van der Waals surface area contributed by atoms with Gasteiger partial charge in [0.15, 0.2) is 0 Å². The number of aliphatic hydroxyl groups is 1. The summed E-state index contributed by atoms with van der Waals surface area (Å²) in [5.74, 6) is 0. The zero-order valence-electron chi connectivity index (χ0n) is 7.66. The first-order valence-corrected chi connectivity index (χ1v) is 5.44. The van der Waals surface area contributed by atoms with Gasteiger partial charge in [-0.15, -0.1) is 11.3 Å². The van der Waals surface area contributed by atoms with Crippen molar-refractivity contribution in [2.75, 3.05) is 0 Å². The van der Waals surface area contributed by atoms with E-state index in [1.165, 1.54) is 0 Å². The van der Waals surface area contributed by atoms with Crippen LogP contribution < -0.4 is 5.32 Å². The zero-order valence-corrected chi connectivity index (χ0v) is 8.47. The van der Waals surface area contributed by atoms with E-state index in [1.807, 2.05) is 6.92 Å². The number of hydrogen-bond acceptors (Lipinski definition) is 4. The molecule has 1 heterocycles. The van der Waals surface area contributed by atoms with Gasteiger partial charge in [-0.05, 0) is 19.8 Å². The van der Waals surface area contributed by atoms with E-state index in [9.17, 15) is 0 Å². The minimum atomic E-state index is -0.0744. The molecule has 1 saturated carbocycles. The van der Waals surface area contributed by atoms with Crippen LogP contribution in [0.25, 0.3) is 0 Å². The summed E-state index contributed by atoms with van der Waals surface area (Å²) < 4.78 is 0. The molecule has 72 valence electrons. The number of nitrogens with one attached hydrogen (secondary N) is 1. The van der Waals surface area contributed by atoms with Gasteiger partial charge >= 0.3 is 0 Å². The minimum absolute atomic E-state index is 0.0744. The summed E-state index contributed by atoms with van der Waals surface area (Å²) in [6.45, 7) is 2.85. The van der Waals surface area contributed by atoms with E-state index >= 15 is 0 Å². The summed E-state index contributed by atoms with van der Waals surface area (Å²) in [5.41, 5.74) is 1.11. The van der Waals surface area contributed by atoms with Gasteiger partial charge in [-0.1, -0.05) is 0 Å². The van der Waals surface area contributed by atoms with E-state index in [2.05, 4.69) is 15.7 Å². The standard InChI is InChI=1S/C9H14N2OS/c1-6-11-8(5-13-6)4-10-7-2-9(12)3-7/h5,7,9-10,12H,2-4H2,1H3. The lowest BCUT2D eigenvalue weighted by Crippen LogP contribution is -2.43. The topological polar surface area (TPSA) is 45.2 Å². The maximum Gasteiger partial charge on any atom is 0.0897 e. The summed E-state index contributed by atoms with van der Waals surface area (Å²) in [6, 6.07) is 0.497. The van der Waals surface area contributed by atoms with Crippen molar-refractivity contribution in [3.05, 3.63) is 16.1 Å². The predicted molar refractivity (Wildman–Crippen MR) is 52.7 cm³/mol. The van der Waals surface area contributed by atoms with Crippen molar-refractivity contribution >= 4 is 11.3 Å². The molecule has 0 atom stereocenters. The summed E-state index contributed by atoms with van der Waals surface area (Å²) >= 11 is 1.68. The first-order valence-electron chi connectivity index (χ1n) is 4.56. The molecule has 1 fully saturated rings. The summed E-state index contributed by atoms with van der Waals surface area (Å²) in [6.07, 6.45) is 1.71. The Kier molecular flexibility index (Phi) is 2.62. The van der Waals surface area contributed by atoms with E-state index in [4.69, 9.17) is 5.11 Å². The van der Waals surface area contributed by atoms with Gasteiger partial charge in [0.2, 0.25) is 0 Å². The Labute approximate surface area is 81.8 Å². The van der Waals surface area contributed by atoms with E-state index in [0.717, 1.165) is 30.1 Å². The molecule has 0 amide bonds. The van der Waals surface area contributed by atoms with Crippen molar-refractivity contribution in [1.29, 1.82) is 0 Å². The molecular formula is C9H14N2OS. The summed E-state index contributed by atoms with van der Waals surface area (Å²) in [7, 11) is 0. The number of rotatable bonds is 3. The fourth-order valence-corrected chi connectivity index (χ4v) is 2.11. The van der Waals surface area contributed by atoms with Crippen LogP contribution in [0.3, 0.4) is 0 Å². The largest absolute Gasteiger partial charge is 0.393 e. The highest BCUT2D eigenvalue weighted by Gasteiger charge is 2.26. The molecule has 0 bridgehead atoms. The van der Waals surface area contributed by atoms with Gasteiger partial charge in [0.1, 0.15) is 0 Å². The Morgan fingerprint density at radius 2 is 2.46 bits per heavy atom. The number of thiazole rings is 1. The molecular weight excluding hydrogens is 184 g/mol. The highest BCUT2D eigenvalue weighted by Crippen LogP contribution is 2.19. The monoisotopic (exact) mass is 198 g/mol. The smallest absolute Gasteiger partial charge is 0.0897 e. The van der Waals surface area contributed by atoms with Crippen molar-refractivity contribution in [2.45, 2.75) is 38.5 Å². The maximum atomic E-state index is 9.07. The van der Waals surface area contributed by atoms with Crippen molar-refractivity contribution in [2.24, 2.45) is 0 Å². The van der Waals surface area contributed by atoms with E-state index in [1.54, 1.807) is 11.3 Å². The molecule has 4 heteroatoms.